The normalized spacial score (nSPS) is 10.2. The Balaban J connectivity index is 1.88. The topological polar surface area (TPSA) is 37.8 Å². The second-order valence-corrected chi connectivity index (χ2v) is 3.52. The lowest BCUT2D eigenvalue weighted by molar-refractivity contribution is 0.507. The third-order valence-electron chi connectivity index (χ3n) is 2.27. The summed E-state index contributed by atoms with van der Waals surface area (Å²) < 4.78 is 25.6. The highest BCUT2D eigenvalue weighted by atomic mass is 19.2. The zero-order valence-corrected chi connectivity index (χ0v) is 9.03. The molecule has 0 amide bonds. The lowest BCUT2D eigenvalue weighted by Crippen LogP contribution is -2.06. The van der Waals surface area contributed by atoms with Gasteiger partial charge in [0.1, 0.15) is 5.82 Å². The highest BCUT2D eigenvalue weighted by Gasteiger charge is 2.02. The molecule has 2 aromatic rings. The molecule has 0 aliphatic heterocycles. The smallest absolute Gasteiger partial charge is 0.159 e. The van der Waals surface area contributed by atoms with Gasteiger partial charge in [0.05, 0.1) is 6.20 Å². The Kier molecular flexibility index (Phi) is 3.59. The van der Waals surface area contributed by atoms with Gasteiger partial charge in [0, 0.05) is 18.9 Å². The van der Waals surface area contributed by atoms with E-state index in [0.29, 0.717) is 18.8 Å². The average Bonchev–Trinajstić information content (AvgIpc) is 2.35. The van der Waals surface area contributed by atoms with Crippen molar-refractivity contribution < 1.29 is 8.78 Å². The molecule has 0 aliphatic carbocycles. The largest absolute Gasteiger partial charge is 0.368 e. The maximum Gasteiger partial charge on any atom is 0.159 e. The Morgan fingerprint density at radius 3 is 2.71 bits per heavy atom. The van der Waals surface area contributed by atoms with Gasteiger partial charge in [-0.1, -0.05) is 6.07 Å². The first kappa shape index (κ1) is 11.4. The quantitative estimate of drug-likeness (QED) is 0.884. The van der Waals surface area contributed by atoms with Crippen molar-refractivity contribution in [3.63, 3.8) is 0 Å². The van der Waals surface area contributed by atoms with E-state index >= 15 is 0 Å². The van der Waals surface area contributed by atoms with Crippen molar-refractivity contribution in [3.8, 4) is 0 Å². The minimum Gasteiger partial charge on any atom is -0.368 e. The Bertz CT molecular complexity index is 488. The van der Waals surface area contributed by atoms with E-state index in [4.69, 9.17) is 0 Å². The number of hydrogen-bond donors (Lipinski definition) is 1. The summed E-state index contributed by atoms with van der Waals surface area (Å²) in [7, 11) is 0. The van der Waals surface area contributed by atoms with E-state index in [-0.39, 0.29) is 0 Å². The number of nitrogens with one attached hydrogen (secondary N) is 1. The van der Waals surface area contributed by atoms with Crippen molar-refractivity contribution in [1.29, 1.82) is 0 Å². The molecule has 0 aliphatic rings. The van der Waals surface area contributed by atoms with Crippen LogP contribution in [-0.4, -0.2) is 16.5 Å². The van der Waals surface area contributed by atoms with Gasteiger partial charge >= 0.3 is 0 Å². The van der Waals surface area contributed by atoms with Crippen LogP contribution in [-0.2, 0) is 6.42 Å². The van der Waals surface area contributed by atoms with Crippen LogP contribution < -0.4 is 5.32 Å². The van der Waals surface area contributed by atoms with Gasteiger partial charge in [-0.25, -0.2) is 13.8 Å². The second kappa shape index (κ2) is 5.34. The van der Waals surface area contributed by atoms with Crippen LogP contribution in [0.2, 0.25) is 0 Å². The lowest BCUT2D eigenvalue weighted by Gasteiger charge is -2.05. The van der Waals surface area contributed by atoms with Crippen LogP contribution in [0.3, 0.4) is 0 Å². The summed E-state index contributed by atoms with van der Waals surface area (Å²) in [5.74, 6) is -0.979. The zero-order valence-electron chi connectivity index (χ0n) is 9.03. The third-order valence-corrected chi connectivity index (χ3v) is 2.27. The first-order valence-corrected chi connectivity index (χ1v) is 5.19. The van der Waals surface area contributed by atoms with Crippen LogP contribution >= 0.6 is 0 Å². The van der Waals surface area contributed by atoms with Crippen LogP contribution in [0.15, 0.2) is 36.8 Å². The number of anilines is 1. The molecule has 0 fully saturated rings. The average molecular weight is 235 g/mol. The zero-order chi connectivity index (χ0) is 12.1. The number of rotatable bonds is 4. The summed E-state index contributed by atoms with van der Waals surface area (Å²) in [6.07, 6.45) is 5.36. The van der Waals surface area contributed by atoms with E-state index in [1.807, 2.05) is 0 Å². The fourth-order valence-electron chi connectivity index (χ4n) is 1.42. The number of benzene rings is 1. The summed E-state index contributed by atoms with van der Waals surface area (Å²) >= 11 is 0. The molecule has 2 rings (SSSR count). The van der Waals surface area contributed by atoms with Crippen molar-refractivity contribution in [3.05, 3.63) is 54.0 Å². The van der Waals surface area contributed by atoms with E-state index in [1.165, 1.54) is 6.07 Å². The maximum atomic E-state index is 12.9. The van der Waals surface area contributed by atoms with Gasteiger partial charge in [0.2, 0.25) is 0 Å². The predicted molar refractivity (Wildman–Crippen MR) is 60.6 cm³/mol. The van der Waals surface area contributed by atoms with E-state index in [0.717, 1.165) is 11.6 Å². The molecule has 1 N–H and O–H groups in total. The summed E-state index contributed by atoms with van der Waals surface area (Å²) in [6, 6.07) is 3.90. The second-order valence-electron chi connectivity index (χ2n) is 3.52. The molecule has 0 saturated heterocycles. The molecule has 0 unspecified atom stereocenters. The minimum absolute atomic E-state index is 0.587. The van der Waals surface area contributed by atoms with Gasteiger partial charge in [-0.2, -0.15) is 0 Å². The van der Waals surface area contributed by atoms with E-state index in [2.05, 4.69) is 15.3 Å². The van der Waals surface area contributed by atoms with Gasteiger partial charge < -0.3 is 5.32 Å². The fourth-order valence-corrected chi connectivity index (χ4v) is 1.42. The van der Waals surface area contributed by atoms with Crippen LogP contribution in [0, 0.1) is 11.6 Å². The summed E-state index contributed by atoms with van der Waals surface area (Å²) in [5, 5.41) is 3.04. The fraction of sp³-hybridized carbons (Fsp3) is 0.167. The molecular formula is C12H11F2N3. The Labute approximate surface area is 97.5 Å². The monoisotopic (exact) mass is 235 g/mol. The van der Waals surface area contributed by atoms with Crippen molar-refractivity contribution in [1.82, 2.24) is 9.97 Å². The van der Waals surface area contributed by atoms with E-state index < -0.39 is 11.6 Å². The Hall–Kier alpha value is -2.04. The summed E-state index contributed by atoms with van der Waals surface area (Å²) in [6.45, 7) is 0.587. The number of nitrogens with zero attached hydrogens (tertiary/aromatic N) is 2. The molecule has 17 heavy (non-hydrogen) atoms. The first-order valence-electron chi connectivity index (χ1n) is 5.19. The Morgan fingerprint density at radius 1 is 1.12 bits per heavy atom. The van der Waals surface area contributed by atoms with Crippen molar-refractivity contribution >= 4 is 5.82 Å². The van der Waals surface area contributed by atoms with Crippen molar-refractivity contribution in [2.45, 2.75) is 6.42 Å². The molecule has 1 aromatic carbocycles. The minimum atomic E-state index is -0.823. The van der Waals surface area contributed by atoms with Gasteiger partial charge in [0.15, 0.2) is 11.6 Å². The molecule has 0 bridgehead atoms. The molecule has 0 saturated carbocycles. The molecule has 0 radical (unpaired) electrons. The molecule has 88 valence electrons. The molecular weight excluding hydrogens is 224 g/mol. The lowest BCUT2D eigenvalue weighted by atomic mass is 10.1. The molecule has 0 spiro atoms. The number of hydrogen-bond acceptors (Lipinski definition) is 3. The van der Waals surface area contributed by atoms with E-state index in [1.54, 1.807) is 24.7 Å². The van der Waals surface area contributed by atoms with Crippen molar-refractivity contribution in [2.75, 3.05) is 11.9 Å². The maximum absolute atomic E-state index is 12.9. The van der Waals surface area contributed by atoms with Gasteiger partial charge in [0.25, 0.3) is 0 Å². The Morgan fingerprint density at radius 2 is 2.00 bits per heavy atom. The molecule has 0 atom stereocenters. The predicted octanol–water partition coefficient (Wildman–Crippen LogP) is 2.41. The van der Waals surface area contributed by atoms with Crippen LogP contribution in [0.5, 0.6) is 0 Å². The van der Waals surface area contributed by atoms with E-state index in [9.17, 15) is 8.78 Å². The molecule has 1 heterocycles. The molecule has 1 aromatic heterocycles. The first-order chi connectivity index (χ1) is 8.25. The van der Waals surface area contributed by atoms with Crippen molar-refractivity contribution in [2.24, 2.45) is 0 Å². The molecule has 5 heteroatoms. The number of halogens is 2. The number of aromatic nitrogens is 2. The summed E-state index contributed by atoms with van der Waals surface area (Å²) in [4.78, 5) is 7.94. The van der Waals surface area contributed by atoms with Crippen LogP contribution in [0.1, 0.15) is 5.56 Å². The third kappa shape index (κ3) is 3.21. The van der Waals surface area contributed by atoms with Gasteiger partial charge in [-0.3, -0.25) is 4.98 Å². The van der Waals surface area contributed by atoms with Gasteiger partial charge in [-0.05, 0) is 24.1 Å². The van der Waals surface area contributed by atoms with Crippen LogP contribution in [0.4, 0.5) is 14.6 Å². The SMILES string of the molecule is Fc1ccc(CCNc2cnccn2)cc1F. The highest BCUT2D eigenvalue weighted by molar-refractivity contribution is 5.30. The highest BCUT2D eigenvalue weighted by Crippen LogP contribution is 2.09. The van der Waals surface area contributed by atoms with Crippen LogP contribution in [0.25, 0.3) is 0 Å². The van der Waals surface area contributed by atoms with Gasteiger partial charge in [-0.15, -0.1) is 0 Å². The standard InChI is InChI=1S/C12H11F2N3/c13-10-2-1-9(7-11(10)14)3-4-16-12-8-15-5-6-17-12/h1-2,5-8H,3-4H2,(H,16,17). The summed E-state index contributed by atoms with van der Waals surface area (Å²) in [5.41, 5.74) is 0.736. The molecule has 3 nitrogen and oxygen atoms in total.